The Hall–Kier alpha value is -2.01. The van der Waals surface area contributed by atoms with Gasteiger partial charge in [0.05, 0.1) is 18.3 Å². The molecule has 0 aromatic heterocycles. The molecule has 3 aliphatic rings. The molecule has 156 valence electrons. The Labute approximate surface area is 160 Å². The number of hydrogen-bond acceptors (Lipinski definition) is 7. The first-order valence-corrected chi connectivity index (χ1v) is 8.95. The average Bonchev–Trinajstić information content (AvgIpc) is 2.95. The summed E-state index contributed by atoms with van der Waals surface area (Å²) in [7, 11) is 0. The highest BCUT2D eigenvalue weighted by atomic mass is 19.3. The van der Waals surface area contributed by atoms with Crippen molar-refractivity contribution in [2.24, 2.45) is 0 Å². The minimum Gasteiger partial charge on any atom is -0.483 e. The maximum absolute atomic E-state index is 13.1. The molecule has 1 aromatic carbocycles. The van der Waals surface area contributed by atoms with Gasteiger partial charge in [-0.3, -0.25) is 9.69 Å². The third-order valence-electron chi connectivity index (χ3n) is 5.22. The van der Waals surface area contributed by atoms with Crippen LogP contribution in [0.1, 0.15) is 24.8 Å². The molecule has 1 aromatic rings. The number of ether oxygens (including phenoxy) is 3. The fourth-order valence-corrected chi connectivity index (χ4v) is 3.77. The van der Waals surface area contributed by atoms with Crippen molar-refractivity contribution in [2.75, 3.05) is 19.7 Å². The van der Waals surface area contributed by atoms with Crippen molar-refractivity contribution >= 4 is 6.47 Å². The number of hydrogen-bond donors (Lipinski definition) is 3. The molecule has 0 saturated carbocycles. The van der Waals surface area contributed by atoms with Gasteiger partial charge in [-0.2, -0.15) is 0 Å². The van der Waals surface area contributed by atoms with Gasteiger partial charge in [0.15, 0.2) is 11.5 Å². The van der Waals surface area contributed by atoms with Gasteiger partial charge in [0, 0.05) is 26.1 Å². The first kappa shape index (κ1) is 20.7. The van der Waals surface area contributed by atoms with E-state index in [1.54, 1.807) is 12.1 Å². The zero-order valence-corrected chi connectivity index (χ0v) is 15.1. The molecule has 0 amide bonds. The maximum Gasteiger partial charge on any atom is 0.586 e. The molecular formula is C18H23F2NO7. The lowest BCUT2D eigenvalue weighted by atomic mass is 9.82. The van der Waals surface area contributed by atoms with Crippen molar-refractivity contribution in [1.82, 2.24) is 4.90 Å². The molecule has 2 fully saturated rings. The van der Waals surface area contributed by atoms with Crippen LogP contribution in [0.2, 0.25) is 0 Å². The third kappa shape index (κ3) is 4.69. The van der Waals surface area contributed by atoms with E-state index in [1.165, 1.54) is 6.07 Å². The van der Waals surface area contributed by atoms with Gasteiger partial charge in [-0.1, -0.05) is 6.07 Å². The van der Waals surface area contributed by atoms with Crippen LogP contribution < -0.4 is 9.47 Å². The summed E-state index contributed by atoms with van der Waals surface area (Å²) in [6, 6.07) is 4.84. The summed E-state index contributed by atoms with van der Waals surface area (Å²) < 4.78 is 40.9. The smallest absolute Gasteiger partial charge is 0.483 e. The summed E-state index contributed by atoms with van der Waals surface area (Å²) in [4.78, 5) is 10.6. The van der Waals surface area contributed by atoms with Crippen LogP contribution in [0.15, 0.2) is 18.2 Å². The number of fused-ring (bicyclic) bond motifs is 1. The van der Waals surface area contributed by atoms with Gasteiger partial charge in [-0.05, 0) is 30.5 Å². The zero-order chi connectivity index (χ0) is 20.4. The van der Waals surface area contributed by atoms with Crippen LogP contribution in [-0.4, -0.2) is 70.5 Å². The van der Waals surface area contributed by atoms with Gasteiger partial charge in [-0.25, -0.2) is 0 Å². The van der Waals surface area contributed by atoms with Gasteiger partial charge < -0.3 is 29.5 Å². The fourth-order valence-electron chi connectivity index (χ4n) is 3.77. The molecule has 2 saturated heterocycles. The van der Waals surface area contributed by atoms with Crippen molar-refractivity contribution in [3.63, 3.8) is 0 Å². The molecule has 10 heteroatoms. The van der Waals surface area contributed by atoms with E-state index >= 15 is 0 Å². The Balaban J connectivity index is 0.000000706. The summed E-state index contributed by atoms with van der Waals surface area (Å²) in [5, 5.41) is 26.4. The molecule has 0 radical (unpaired) electrons. The van der Waals surface area contributed by atoms with E-state index in [4.69, 9.17) is 14.6 Å². The van der Waals surface area contributed by atoms with Crippen molar-refractivity contribution < 1.29 is 43.1 Å². The predicted molar refractivity (Wildman–Crippen MR) is 91.2 cm³/mol. The molecule has 2 atom stereocenters. The molecule has 3 heterocycles. The molecule has 0 aliphatic carbocycles. The topological polar surface area (TPSA) is 109 Å². The highest BCUT2D eigenvalue weighted by Gasteiger charge is 2.44. The number of carboxylic acid groups (broad SMARTS) is 1. The van der Waals surface area contributed by atoms with Crippen LogP contribution in [0.25, 0.3) is 0 Å². The second kappa shape index (κ2) is 8.16. The van der Waals surface area contributed by atoms with Crippen molar-refractivity contribution in [3.8, 4) is 11.5 Å². The highest BCUT2D eigenvalue weighted by molar-refractivity contribution is 5.45. The lowest BCUT2D eigenvalue weighted by Crippen LogP contribution is -2.54. The van der Waals surface area contributed by atoms with Crippen molar-refractivity contribution in [1.29, 1.82) is 0 Å². The Morgan fingerprint density at radius 2 is 1.79 bits per heavy atom. The van der Waals surface area contributed by atoms with Gasteiger partial charge >= 0.3 is 6.29 Å². The fraction of sp³-hybridized carbons (Fsp3) is 0.611. The first-order chi connectivity index (χ1) is 13.3. The number of likely N-dealkylation sites (tertiary alicyclic amines) is 1. The zero-order valence-electron chi connectivity index (χ0n) is 15.1. The van der Waals surface area contributed by atoms with Gasteiger partial charge in [0.1, 0.15) is 6.10 Å². The van der Waals surface area contributed by atoms with E-state index < -0.39 is 18.5 Å². The van der Waals surface area contributed by atoms with Gasteiger partial charge in [0.25, 0.3) is 6.47 Å². The third-order valence-corrected chi connectivity index (χ3v) is 5.22. The Bertz CT molecular complexity index is 695. The Morgan fingerprint density at radius 3 is 2.43 bits per heavy atom. The lowest BCUT2D eigenvalue weighted by molar-refractivity contribution is -0.286. The van der Waals surface area contributed by atoms with Crippen LogP contribution in [0.5, 0.6) is 11.5 Å². The minimum atomic E-state index is -3.60. The number of carbonyl (C=O) groups is 1. The van der Waals surface area contributed by atoms with E-state index in [-0.39, 0.29) is 30.2 Å². The van der Waals surface area contributed by atoms with Crippen LogP contribution >= 0.6 is 0 Å². The quantitative estimate of drug-likeness (QED) is 0.632. The van der Waals surface area contributed by atoms with E-state index in [0.29, 0.717) is 13.0 Å². The largest absolute Gasteiger partial charge is 0.586 e. The molecule has 28 heavy (non-hydrogen) atoms. The SMILES string of the molecule is O=CO.O[C@@H]1CC2(CCN(Cc3ccc4c(c3)OC(F)(F)O4)CC2)OC[C@@H]1O. The number of aliphatic hydroxyl groups is 2. The van der Waals surface area contributed by atoms with Crippen LogP contribution in [0.3, 0.4) is 0 Å². The molecule has 0 unspecified atom stereocenters. The average molecular weight is 403 g/mol. The molecular weight excluding hydrogens is 380 g/mol. The van der Waals surface area contributed by atoms with E-state index in [9.17, 15) is 19.0 Å². The van der Waals surface area contributed by atoms with E-state index in [1.807, 2.05) is 0 Å². The molecule has 8 nitrogen and oxygen atoms in total. The lowest BCUT2D eigenvalue weighted by Gasteiger charge is -2.46. The molecule has 3 aliphatic heterocycles. The minimum absolute atomic E-state index is 0.0505. The predicted octanol–water partition coefficient (Wildman–Crippen LogP) is 1.19. The number of nitrogens with zero attached hydrogens (tertiary/aromatic N) is 1. The number of halogens is 2. The molecule has 0 bridgehead atoms. The molecule has 3 N–H and O–H groups in total. The van der Waals surface area contributed by atoms with Crippen molar-refractivity contribution in [2.45, 2.75) is 49.9 Å². The Morgan fingerprint density at radius 1 is 1.14 bits per heavy atom. The summed E-state index contributed by atoms with van der Waals surface area (Å²) in [5.41, 5.74) is 0.502. The van der Waals surface area contributed by atoms with Crippen LogP contribution in [0.4, 0.5) is 8.78 Å². The normalized spacial score (nSPS) is 27.7. The van der Waals surface area contributed by atoms with Gasteiger partial charge in [0.2, 0.25) is 0 Å². The number of aliphatic hydroxyl groups excluding tert-OH is 2. The summed E-state index contributed by atoms with van der Waals surface area (Å²) >= 11 is 0. The standard InChI is InChI=1S/C17H21F2NO5.CH2O2/c18-17(19)24-14-2-1-11(7-15(14)25-17)9-20-5-3-16(4-6-20)8-12(21)13(22)10-23-16;2-1-3/h1-2,7,12-13,21-22H,3-6,8-10H2;1H,(H,2,3)/t12-,13+;/m1./s1. The summed E-state index contributed by atoms with van der Waals surface area (Å²) in [6.45, 7) is 2.07. The molecule has 4 rings (SSSR count). The molecule has 1 spiro atoms. The number of benzene rings is 1. The van der Waals surface area contributed by atoms with Crippen LogP contribution in [0, 0.1) is 0 Å². The van der Waals surface area contributed by atoms with Crippen molar-refractivity contribution in [3.05, 3.63) is 23.8 Å². The van der Waals surface area contributed by atoms with E-state index in [0.717, 1.165) is 31.5 Å². The number of alkyl halides is 2. The first-order valence-electron chi connectivity index (χ1n) is 8.95. The monoisotopic (exact) mass is 403 g/mol. The number of piperidine rings is 1. The number of rotatable bonds is 2. The van der Waals surface area contributed by atoms with Crippen LogP contribution in [-0.2, 0) is 16.1 Å². The van der Waals surface area contributed by atoms with Gasteiger partial charge in [-0.15, -0.1) is 8.78 Å². The summed E-state index contributed by atoms with van der Waals surface area (Å²) in [5.74, 6) is 0.109. The maximum atomic E-state index is 13.1. The second-order valence-electron chi connectivity index (χ2n) is 7.16. The van der Waals surface area contributed by atoms with E-state index in [2.05, 4.69) is 14.4 Å². The second-order valence-corrected chi connectivity index (χ2v) is 7.16. The Kier molecular flexibility index (Phi) is 6.04. The highest BCUT2D eigenvalue weighted by Crippen LogP contribution is 2.41. The summed E-state index contributed by atoms with van der Waals surface area (Å²) in [6.07, 6.45) is -3.17.